The fourth-order valence-corrected chi connectivity index (χ4v) is 3.32. The number of carbonyl (C=O) groups excluding carboxylic acids is 1. The molecule has 0 fully saturated rings. The number of nitrogens with zero attached hydrogens (tertiary/aromatic N) is 2. The van der Waals surface area contributed by atoms with Crippen LogP contribution in [0, 0.1) is 11.6 Å². The Hall–Kier alpha value is -2.73. The van der Waals surface area contributed by atoms with Crippen molar-refractivity contribution in [1.29, 1.82) is 0 Å². The molecule has 0 unspecified atom stereocenters. The van der Waals surface area contributed by atoms with Gasteiger partial charge in [-0.25, -0.2) is 8.78 Å². The summed E-state index contributed by atoms with van der Waals surface area (Å²) in [6.45, 7) is 0.598. The number of hydrogen-bond donors (Lipinski definition) is 0. The highest BCUT2D eigenvalue weighted by Crippen LogP contribution is 2.32. The predicted molar refractivity (Wildman–Crippen MR) is 91.8 cm³/mol. The van der Waals surface area contributed by atoms with E-state index in [9.17, 15) is 13.6 Å². The first-order valence-electron chi connectivity index (χ1n) is 8.01. The Kier molecular flexibility index (Phi) is 4.20. The SMILES string of the molecule is O=C(c1c(F)cccc1Cl)N1CCc2noc(-c3ccc(F)cc3)c2C1. The van der Waals surface area contributed by atoms with Crippen LogP contribution in [0.5, 0.6) is 0 Å². The van der Waals surface area contributed by atoms with Crippen molar-refractivity contribution in [2.45, 2.75) is 13.0 Å². The number of halogens is 3. The molecule has 3 aromatic rings. The molecule has 132 valence electrons. The van der Waals surface area contributed by atoms with Crippen LogP contribution in [-0.2, 0) is 13.0 Å². The third-order valence-corrected chi connectivity index (χ3v) is 4.72. The highest BCUT2D eigenvalue weighted by atomic mass is 35.5. The van der Waals surface area contributed by atoms with E-state index in [1.54, 1.807) is 12.1 Å². The average molecular weight is 375 g/mol. The van der Waals surface area contributed by atoms with Crippen molar-refractivity contribution in [3.05, 3.63) is 75.9 Å². The van der Waals surface area contributed by atoms with Gasteiger partial charge in [-0.3, -0.25) is 4.79 Å². The molecule has 4 rings (SSSR count). The fraction of sp³-hybridized carbons (Fsp3) is 0.158. The van der Waals surface area contributed by atoms with Crippen LogP contribution in [0.15, 0.2) is 47.0 Å². The lowest BCUT2D eigenvalue weighted by Gasteiger charge is -2.27. The molecule has 0 atom stereocenters. The highest BCUT2D eigenvalue weighted by molar-refractivity contribution is 6.33. The standard InChI is InChI=1S/C19H13ClF2N2O2/c20-14-2-1-3-15(22)17(14)19(25)24-9-8-16-13(10-24)18(26-23-16)11-4-6-12(21)7-5-11/h1-7H,8-10H2. The quantitative estimate of drug-likeness (QED) is 0.664. The van der Waals surface area contributed by atoms with Crippen molar-refractivity contribution < 1.29 is 18.1 Å². The zero-order valence-electron chi connectivity index (χ0n) is 13.5. The van der Waals surface area contributed by atoms with Crippen LogP contribution >= 0.6 is 11.6 Å². The molecule has 26 heavy (non-hydrogen) atoms. The first-order chi connectivity index (χ1) is 12.5. The maximum atomic E-state index is 14.1. The summed E-state index contributed by atoms with van der Waals surface area (Å²) in [6.07, 6.45) is 0.484. The van der Waals surface area contributed by atoms with Gasteiger partial charge in [-0.1, -0.05) is 22.8 Å². The summed E-state index contributed by atoms with van der Waals surface area (Å²) in [5.74, 6) is -1.01. The number of fused-ring (bicyclic) bond motifs is 1. The molecule has 0 saturated heterocycles. The number of amides is 1. The van der Waals surface area contributed by atoms with Gasteiger partial charge in [-0.15, -0.1) is 0 Å². The predicted octanol–water partition coefficient (Wildman–Crippen LogP) is 4.47. The molecule has 0 spiro atoms. The summed E-state index contributed by atoms with van der Waals surface area (Å²) in [5.41, 5.74) is 2.01. The molecule has 0 saturated carbocycles. The lowest BCUT2D eigenvalue weighted by atomic mass is 10.0. The highest BCUT2D eigenvalue weighted by Gasteiger charge is 2.30. The van der Waals surface area contributed by atoms with Crippen LogP contribution in [0.1, 0.15) is 21.6 Å². The number of benzene rings is 2. The third-order valence-electron chi connectivity index (χ3n) is 4.41. The normalized spacial score (nSPS) is 13.6. The molecule has 4 nitrogen and oxygen atoms in total. The van der Waals surface area contributed by atoms with Crippen molar-refractivity contribution in [3.63, 3.8) is 0 Å². The average Bonchev–Trinajstić information content (AvgIpc) is 3.05. The molecule has 1 aliphatic heterocycles. The van der Waals surface area contributed by atoms with Gasteiger partial charge in [0.05, 0.1) is 22.8 Å². The van der Waals surface area contributed by atoms with Crippen molar-refractivity contribution in [2.24, 2.45) is 0 Å². The molecular formula is C19H13ClF2N2O2. The molecule has 1 aromatic heterocycles. The van der Waals surface area contributed by atoms with Gasteiger partial charge in [0.25, 0.3) is 5.91 Å². The van der Waals surface area contributed by atoms with Crippen LogP contribution in [0.2, 0.25) is 5.02 Å². The molecule has 7 heteroatoms. The number of rotatable bonds is 2. The molecule has 0 radical (unpaired) electrons. The van der Waals surface area contributed by atoms with Gasteiger partial charge in [0.15, 0.2) is 5.76 Å². The van der Waals surface area contributed by atoms with Crippen LogP contribution in [-0.4, -0.2) is 22.5 Å². The monoisotopic (exact) mass is 374 g/mol. The van der Waals surface area contributed by atoms with E-state index in [2.05, 4.69) is 5.16 Å². The van der Waals surface area contributed by atoms with Gasteiger partial charge in [0.1, 0.15) is 11.6 Å². The maximum Gasteiger partial charge on any atom is 0.258 e. The molecular weight excluding hydrogens is 362 g/mol. The van der Waals surface area contributed by atoms with Gasteiger partial charge < -0.3 is 9.42 Å². The number of carbonyl (C=O) groups is 1. The largest absolute Gasteiger partial charge is 0.356 e. The fourth-order valence-electron chi connectivity index (χ4n) is 3.07. The summed E-state index contributed by atoms with van der Waals surface area (Å²) < 4.78 is 32.6. The summed E-state index contributed by atoms with van der Waals surface area (Å²) >= 11 is 6.01. The summed E-state index contributed by atoms with van der Waals surface area (Å²) in [4.78, 5) is 14.3. The van der Waals surface area contributed by atoms with Crippen molar-refractivity contribution in [1.82, 2.24) is 10.1 Å². The molecule has 0 aliphatic carbocycles. The second kappa shape index (κ2) is 6.53. The molecule has 2 aromatic carbocycles. The molecule has 0 N–H and O–H groups in total. The Bertz CT molecular complexity index is 965. The van der Waals surface area contributed by atoms with E-state index in [-0.39, 0.29) is 22.9 Å². The molecule has 1 aliphatic rings. The van der Waals surface area contributed by atoms with E-state index in [1.165, 1.54) is 35.2 Å². The molecule has 0 bridgehead atoms. The molecule has 1 amide bonds. The minimum atomic E-state index is -0.655. The minimum absolute atomic E-state index is 0.0740. The van der Waals surface area contributed by atoms with Crippen molar-refractivity contribution in [2.75, 3.05) is 6.54 Å². The Morgan fingerprint density at radius 2 is 1.92 bits per heavy atom. The van der Waals surface area contributed by atoms with E-state index in [0.717, 1.165) is 11.3 Å². The Morgan fingerprint density at radius 1 is 1.15 bits per heavy atom. The van der Waals surface area contributed by atoms with Gasteiger partial charge in [-0.05, 0) is 36.4 Å². The van der Waals surface area contributed by atoms with E-state index >= 15 is 0 Å². The Morgan fingerprint density at radius 3 is 2.65 bits per heavy atom. The molecule has 2 heterocycles. The first-order valence-corrected chi connectivity index (χ1v) is 8.39. The van der Waals surface area contributed by atoms with Gasteiger partial charge in [0.2, 0.25) is 0 Å². The number of aromatic nitrogens is 1. The topological polar surface area (TPSA) is 46.3 Å². The Labute approximate surface area is 153 Å². The van der Waals surface area contributed by atoms with Crippen molar-refractivity contribution >= 4 is 17.5 Å². The summed E-state index contributed by atoms with van der Waals surface area (Å²) in [6, 6.07) is 9.98. The Balaban J connectivity index is 1.67. The van der Waals surface area contributed by atoms with Crippen molar-refractivity contribution in [3.8, 4) is 11.3 Å². The van der Waals surface area contributed by atoms with Crippen LogP contribution in [0.4, 0.5) is 8.78 Å². The van der Waals surface area contributed by atoms with E-state index in [4.69, 9.17) is 16.1 Å². The minimum Gasteiger partial charge on any atom is -0.356 e. The second-order valence-electron chi connectivity index (χ2n) is 6.02. The van der Waals surface area contributed by atoms with Gasteiger partial charge >= 0.3 is 0 Å². The van der Waals surface area contributed by atoms with Crippen LogP contribution in [0.3, 0.4) is 0 Å². The smallest absolute Gasteiger partial charge is 0.258 e. The lowest BCUT2D eigenvalue weighted by Crippen LogP contribution is -2.36. The summed E-state index contributed by atoms with van der Waals surface area (Å²) in [5, 5.41) is 4.12. The van der Waals surface area contributed by atoms with Crippen LogP contribution in [0.25, 0.3) is 11.3 Å². The zero-order chi connectivity index (χ0) is 18.3. The number of hydrogen-bond acceptors (Lipinski definition) is 3. The van der Waals surface area contributed by atoms with Crippen LogP contribution < -0.4 is 0 Å². The lowest BCUT2D eigenvalue weighted by molar-refractivity contribution is 0.0730. The van der Waals surface area contributed by atoms with Gasteiger partial charge in [0, 0.05) is 24.1 Å². The van der Waals surface area contributed by atoms with E-state index < -0.39 is 11.7 Å². The maximum absolute atomic E-state index is 14.1. The third kappa shape index (κ3) is 2.86. The van der Waals surface area contributed by atoms with Gasteiger partial charge in [-0.2, -0.15) is 0 Å². The van der Waals surface area contributed by atoms with E-state index in [1.807, 2.05) is 0 Å². The summed E-state index contributed by atoms with van der Waals surface area (Å²) in [7, 11) is 0. The van der Waals surface area contributed by atoms with E-state index in [0.29, 0.717) is 24.3 Å². The second-order valence-corrected chi connectivity index (χ2v) is 6.42. The zero-order valence-corrected chi connectivity index (χ0v) is 14.3. The first kappa shape index (κ1) is 16.7.